The highest BCUT2D eigenvalue weighted by molar-refractivity contribution is 7.16. The number of anilines is 2. The van der Waals surface area contributed by atoms with Gasteiger partial charge in [-0.25, -0.2) is 4.98 Å². The number of ether oxygens (including phenoxy) is 1. The van der Waals surface area contributed by atoms with Crippen molar-refractivity contribution < 1.29 is 9.26 Å². The third-order valence-electron chi connectivity index (χ3n) is 8.60. The van der Waals surface area contributed by atoms with Crippen molar-refractivity contribution in [3.05, 3.63) is 33.8 Å². The molecule has 1 aliphatic carbocycles. The second kappa shape index (κ2) is 10.4. The Balaban J connectivity index is 1.36. The van der Waals surface area contributed by atoms with Gasteiger partial charge in [-0.1, -0.05) is 5.16 Å². The summed E-state index contributed by atoms with van der Waals surface area (Å²) in [4.78, 5) is 15.5. The average Bonchev–Trinajstić information content (AvgIpc) is 3.68. The second-order valence-electron chi connectivity index (χ2n) is 11.2. The van der Waals surface area contributed by atoms with E-state index in [1.165, 1.54) is 22.6 Å². The number of thiophene rings is 1. The highest BCUT2D eigenvalue weighted by Gasteiger charge is 2.41. The Morgan fingerprint density at radius 1 is 1.26 bits per heavy atom. The average molecular weight is 549 g/mol. The molecule has 0 spiro atoms. The van der Waals surface area contributed by atoms with Crippen molar-refractivity contribution in [1.82, 2.24) is 25.3 Å². The van der Waals surface area contributed by atoms with Crippen molar-refractivity contribution in [1.29, 1.82) is 5.26 Å². The first-order valence-electron chi connectivity index (χ1n) is 13.9. The number of rotatable bonds is 6. The molecule has 39 heavy (non-hydrogen) atoms. The summed E-state index contributed by atoms with van der Waals surface area (Å²) in [5.41, 5.74) is 8.10. The molecular weight excluding hydrogens is 512 g/mol. The van der Waals surface area contributed by atoms with Crippen molar-refractivity contribution in [2.75, 3.05) is 50.4 Å². The number of fused-ring (bicyclic) bond motifs is 1. The third kappa shape index (κ3) is 4.75. The zero-order valence-electron chi connectivity index (χ0n) is 22.9. The van der Waals surface area contributed by atoms with Crippen LogP contribution in [0.1, 0.15) is 61.2 Å². The van der Waals surface area contributed by atoms with Crippen molar-refractivity contribution in [2.45, 2.75) is 63.5 Å². The molecule has 2 aliphatic heterocycles. The maximum absolute atomic E-state index is 9.86. The summed E-state index contributed by atoms with van der Waals surface area (Å²) in [6, 6.07) is 6.56. The topological polar surface area (TPSA) is 129 Å². The van der Waals surface area contributed by atoms with Gasteiger partial charge in [0.1, 0.15) is 23.0 Å². The molecule has 3 atom stereocenters. The van der Waals surface area contributed by atoms with Gasteiger partial charge in [0.05, 0.1) is 11.3 Å². The number of likely N-dealkylation sites (N-methyl/N-ethyl adjacent to an activating group) is 1. The quantitative estimate of drug-likeness (QED) is 0.472. The minimum atomic E-state index is -0.467. The van der Waals surface area contributed by atoms with Gasteiger partial charge in [-0.05, 0) is 65.1 Å². The number of likely N-dealkylation sites (tertiary alicyclic amines) is 1. The van der Waals surface area contributed by atoms with E-state index in [2.05, 4.69) is 47.2 Å². The Morgan fingerprint density at radius 3 is 2.82 bits per heavy atom. The molecule has 1 unspecified atom stereocenters. The first-order valence-corrected chi connectivity index (χ1v) is 14.7. The van der Waals surface area contributed by atoms with Crippen molar-refractivity contribution >= 4 is 22.2 Å². The van der Waals surface area contributed by atoms with Crippen molar-refractivity contribution in [3.8, 4) is 23.5 Å². The van der Waals surface area contributed by atoms with Gasteiger partial charge in [0.2, 0.25) is 17.5 Å². The predicted molar refractivity (Wildman–Crippen MR) is 151 cm³/mol. The molecule has 6 rings (SSSR count). The summed E-state index contributed by atoms with van der Waals surface area (Å²) in [6.07, 6.45) is 5.08. The van der Waals surface area contributed by atoms with Crippen LogP contribution < -0.4 is 20.7 Å². The minimum Gasteiger partial charge on any atom is -0.473 e. The number of hydrogen-bond acceptors (Lipinski definition) is 11. The Morgan fingerprint density at radius 2 is 2.08 bits per heavy atom. The predicted octanol–water partition coefficient (Wildman–Crippen LogP) is 3.56. The fraction of sp³-hybridized carbons (Fsp3) is 0.571. The normalized spacial score (nSPS) is 24.4. The van der Waals surface area contributed by atoms with Gasteiger partial charge in [-0.2, -0.15) is 10.2 Å². The molecule has 10 nitrogen and oxygen atoms in total. The lowest BCUT2D eigenvalue weighted by atomic mass is 9.70. The molecule has 206 valence electrons. The zero-order chi connectivity index (χ0) is 27.1. The fourth-order valence-corrected chi connectivity index (χ4v) is 7.62. The van der Waals surface area contributed by atoms with Crippen LogP contribution in [0.5, 0.6) is 5.88 Å². The fourth-order valence-electron chi connectivity index (χ4n) is 6.43. The van der Waals surface area contributed by atoms with E-state index in [0.717, 1.165) is 75.5 Å². The molecule has 0 saturated carbocycles. The lowest BCUT2D eigenvalue weighted by Crippen LogP contribution is -2.44. The molecule has 0 bridgehead atoms. The minimum absolute atomic E-state index is 0.00515. The number of nitriles is 1. The molecule has 3 N–H and O–H groups in total. The van der Waals surface area contributed by atoms with E-state index in [-0.39, 0.29) is 6.10 Å². The number of aromatic nitrogens is 3. The summed E-state index contributed by atoms with van der Waals surface area (Å²) in [7, 11) is 2.15. The van der Waals surface area contributed by atoms with E-state index >= 15 is 0 Å². The van der Waals surface area contributed by atoms with E-state index in [0.29, 0.717) is 34.1 Å². The Labute approximate surface area is 233 Å². The van der Waals surface area contributed by atoms with Gasteiger partial charge < -0.3 is 25.2 Å². The van der Waals surface area contributed by atoms with Crippen LogP contribution in [0.15, 0.2) is 16.7 Å². The smallest absolute Gasteiger partial charge is 0.219 e. The Hall–Kier alpha value is -3.20. The van der Waals surface area contributed by atoms with Crippen molar-refractivity contribution in [2.24, 2.45) is 0 Å². The molecular formula is C28H36N8O2S. The highest BCUT2D eigenvalue weighted by Crippen LogP contribution is 2.49. The molecule has 0 amide bonds. The second-order valence-corrected chi connectivity index (χ2v) is 12.3. The van der Waals surface area contributed by atoms with Crippen LogP contribution in [0.4, 0.5) is 10.8 Å². The van der Waals surface area contributed by atoms with E-state index in [1.807, 2.05) is 12.1 Å². The summed E-state index contributed by atoms with van der Waals surface area (Å²) >= 11 is 1.52. The number of nitrogens with two attached hydrogens (primary N) is 1. The Kier molecular flexibility index (Phi) is 6.95. The third-order valence-corrected chi connectivity index (χ3v) is 9.68. The monoisotopic (exact) mass is 548 g/mol. The number of nitrogens with zero attached hydrogens (tertiary/aromatic N) is 6. The van der Waals surface area contributed by atoms with Gasteiger partial charge in [-0.15, -0.1) is 11.3 Å². The van der Waals surface area contributed by atoms with Gasteiger partial charge in [0, 0.05) is 54.6 Å². The maximum Gasteiger partial charge on any atom is 0.219 e. The first-order chi connectivity index (χ1) is 18.9. The number of nitrogens with one attached hydrogen (secondary N) is 1. The first kappa shape index (κ1) is 26.0. The highest BCUT2D eigenvalue weighted by atomic mass is 32.1. The molecule has 11 heteroatoms. The molecule has 3 aromatic heterocycles. The summed E-state index contributed by atoms with van der Waals surface area (Å²) < 4.78 is 12.3. The molecule has 3 aromatic rings. The van der Waals surface area contributed by atoms with Gasteiger partial charge in [-0.3, -0.25) is 4.90 Å². The van der Waals surface area contributed by atoms with Gasteiger partial charge in [0.25, 0.3) is 0 Å². The molecule has 3 aliphatic rings. The van der Waals surface area contributed by atoms with Crippen LogP contribution in [0.2, 0.25) is 0 Å². The summed E-state index contributed by atoms with van der Waals surface area (Å²) in [5.74, 6) is 2.32. The van der Waals surface area contributed by atoms with Gasteiger partial charge in [0.15, 0.2) is 0 Å². The van der Waals surface area contributed by atoms with Gasteiger partial charge >= 0.3 is 0 Å². The number of hydrogen-bond donors (Lipinski definition) is 2. The molecule has 2 saturated heterocycles. The largest absolute Gasteiger partial charge is 0.473 e. The van der Waals surface area contributed by atoms with Crippen molar-refractivity contribution in [3.63, 3.8) is 0 Å². The summed E-state index contributed by atoms with van der Waals surface area (Å²) in [5, 5.41) is 18.4. The number of aryl methyl sites for hydroxylation is 1. The maximum atomic E-state index is 9.86. The summed E-state index contributed by atoms with van der Waals surface area (Å²) in [6.45, 7) is 8.85. The van der Waals surface area contributed by atoms with E-state index in [1.54, 1.807) is 0 Å². The SMILES string of the molecule is C[C@H](Oc1cc(N2CCNCC2)nc(-c2cc(C3(C)CCCc4sc(N)c(C#N)c43)no2)n1)[C@@H]1CCCN1C. The number of nitrogen functional groups attached to an aromatic ring is 1. The standard InChI is InChI=1S/C28H36N8O2S/c1-17(19-6-5-11-35(19)3)37-24-15-23(36-12-9-31-10-13-36)32-27(33-24)20-14-22(34-38-20)28(2)8-4-7-21-25(28)18(16-29)26(30)39-21/h14-15,17,19,31H,4-13,30H2,1-3H3/t17-,19-,28?/m0/s1. The van der Waals surface area contributed by atoms with E-state index in [4.69, 9.17) is 25.0 Å². The van der Waals surface area contributed by atoms with Crippen LogP contribution >= 0.6 is 11.3 Å². The van der Waals surface area contributed by atoms with E-state index < -0.39 is 5.41 Å². The zero-order valence-corrected chi connectivity index (χ0v) is 23.7. The molecule has 0 radical (unpaired) electrons. The lowest BCUT2D eigenvalue weighted by molar-refractivity contribution is 0.117. The van der Waals surface area contributed by atoms with Crippen LogP contribution in [0, 0.1) is 11.3 Å². The molecule has 0 aromatic carbocycles. The van der Waals surface area contributed by atoms with Crippen LogP contribution in [-0.2, 0) is 11.8 Å². The van der Waals surface area contributed by atoms with Crippen LogP contribution in [0.3, 0.4) is 0 Å². The van der Waals surface area contributed by atoms with E-state index in [9.17, 15) is 5.26 Å². The van der Waals surface area contributed by atoms with Crippen LogP contribution in [-0.4, -0.2) is 71.9 Å². The molecule has 2 fully saturated rings. The molecule has 5 heterocycles. The van der Waals surface area contributed by atoms with Crippen LogP contribution in [0.25, 0.3) is 11.6 Å². The number of piperazine rings is 1. The Bertz CT molecular complexity index is 1390. The lowest BCUT2D eigenvalue weighted by Gasteiger charge is -2.32.